The molecule has 1 aliphatic rings. The minimum atomic E-state index is -0.591. The van der Waals surface area contributed by atoms with Crippen LogP contribution in [0.25, 0.3) is 101 Å². The fourth-order valence-corrected chi connectivity index (χ4v) is 10.5. The molecule has 4 aromatic heterocycles. The van der Waals surface area contributed by atoms with E-state index in [0.717, 1.165) is 100 Å². The van der Waals surface area contributed by atoms with E-state index in [1.165, 1.54) is 22.4 Å². The van der Waals surface area contributed by atoms with Crippen LogP contribution in [-0.2, 0) is 6.42 Å². The number of furan rings is 1. The number of aromatic nitrogens is 3. The Hall–Kier alpha value is -7.54. The maximum atomic E-state index is 11.3. The number of para-hydroxylation sites is 2. The summed E-state index contributed by atoms with van der Waals surface area (Å²) in [5.41, 5.74) is 15.9. The van der Waals surface area contributed by atoms with Crippen LogP contribution in [0.1, 0.15) is 68.3 Å². The second-order valence-electron chi connectivity index (χ2n) is 16.4. The summed E-state index contributed by atoms with van der Waals surface area (Å²) >= 11 is 0. The van der Waals surface area contributed by atoms with Gasteiger partial charge in [0.1, 0.15) is 17.2 Å². The Morgan fingerprint density at radius 3 is 2.10 bits per heavy atom. The minimum absolute atomic E-state index is 0.342. The van der Waals surface area contributed by atoms with Crippen molar-refractivity contribution in [1.29, 1.82) is 10.5 Å². The summed E-state index contributed by atoms with van der Waals surface area (Å²) in [6, 6.07) is 37.3. The van der Waals surface area contributed by atoms with E-state index >= 15 is 0 Å². The van der Waals surface area contributed by atoms with Crippen LogP contribution in [-0.4, -0.2) is 13.7 Å². The molecule has 0 saturated carbocycles. The molecular formula is C56H47N5O. The average molecular weight is 806 g/mol. The average Bonchev–Trinajstić information content (AvgIpc) is 4.01. The van der Waals surface area contributed by atoms with Gasteiger partial charge >= 0.3 is 0 Å². The first-order valence-electron chi connectivity index (χ1n) is 21.6. The summed E-state index contributed by atoms with van der Waals surface area (Å²) in [6.07, 6.45) is 15.7. The lowest BCUT2D eigenvalue weighted by atomic mass is 9.82. The molecule has 0 spiro atoms. The van der Waals surface area contributed by atoms with Gasteiger partial charge < -0.3 is 18.1 Å². The van der Waals surface area contributed by atoms with Crippen molar-refractivity contribution in [3.63, 3.8) is 0 Å². The number of benzene rings is 5. The number of hydrogen-bond acceptors (Lipinski definition) is 3. The first kappa shape index (κ1) is 38.6. The highest BCUT2D eigenvalue weighted by Crippen LogP contribution is 2.48. The van der Waals surface area contributed by atoms with Crippen molar-refractivity contribution in [3.05, 3.63) is 155 Å². The predicted molar refractivity (Wildman–Crippen MR) is 260 cm³/mol. The van der Waals surface area contributed by atoms with E-state index in [4.69, 9.17) is 4.42 Å². The van der Waals surface area contributed by atoms with Gasteiger partial charge in [-0.1, -0.05) is 86.7 Å². The van der Waals surface area contributed by atoms with Crippen LogP contribution in [0.4, 0.5) is 0 Å². The van der Waals surface area contributed by atoms with E-state index < -0.39 is 5.92 Å². The Balaban J connectivity index is 1.31. The van der Waals surface area contributed by atoms with Gasteiger partial charge in [0.2, 0.25) is 0 Å². The molecule has 0 bridgehead atoms. The van der Waals surface area contributed by atoms with E-state index in [2.05, 4.69) is 177 Å². The lowest BCUT2D eigenvalue weighted by Gasteiger charge is -2.31. The van der Waals surface area contributed by atoms with Crippen LogP contribution < -0.4 is 0 Å². The molecule has 0 amide bonds. The SMILES string of the molecule is C/C=C\c1c(C)c(/C=C\C)n(-c2ccc3c(c2)c2c4oc5ccccc5c4ccc2n3C2=CC(C#N)=C(n3c4ccccc4c4c(/C=C\C)c(C)ccc43)[C@@H](C)C2C#N)c1CC. The molecule has 0 radical (unpaired) electrons. The molecule has 9 aromatic rings. The summed E-state index contributed by atoms with van der Waals surface area (Å²) < 4.78 is 13.6. The second-order valence-corrected chi connectivity index (χ2v) is 16.4. The van der Waals surface area contributed by atoms with Crippen LogP contribution >= 0.6 is 0 Å². The first-order chi connectivity index (χ1) is 30.3. The Kier molecular flexibility index (Phi) is 9.27. The van der Waals surface area contributed by atoms with E-state index in [-0.39, 0.29) is 5.92 Å². The highest BCUT2D eigenvalue weighted by Gasteiger charge is 2.36. The first-order valence-corrected chi connectivity index (χ1v) is 21.6. The maximum absolute atomic E-state index is 11.3. The smallest absolute Gasteiger partial charge is 0.145 e. The quantitative estimate of drug-likeness (QED) is 0.161. The number of nitrogens with zero attached hydrogens (tertiary/aromatic N) is 5. The molecule has 62 heavy (non-hydrogen) atoms. The van der Waals surface area contributed by atoms with E-state index in [1.54, 1.807) is 0 Å². The molecule has 0 N–H and O–H groups in total. The van der Waals surface area contributed by atoms with Gasteiger partial charge in [-0.3, -0.25) is 0 Å². The third-order valence-electron chi connectivity index (χ3n) is 13.1. The molecule has 0 saturated heterocycles. The van der Waals surface area contributed by atoms with Crippen molar-refractivity contribution < 1.29 is 4.42 Å². The lowest BCUT2D eigenvalue weighted by molar-refractivity contribution is 0.609. The normalized spacial score (nSPS) is 16.2. The number of rotatable bonds is 7. The van der Waals surface area contributed by atoms with Crippen molar-refractivity contribution in [1.82, 2.24) is 13.7 Å². The predicted octanol–water partition coefficient (Wildman–Crippen LogP) is 14.9. The topological polar surface area (TPSA) is 75.5 Å². The maximum Gasteiger partial charge on any atom is 0.145 e. The van der Waals surface area contributed by atoms with Gasteiger partial charge in [-0.2, -0.15) is 10.5 Å². The van der Waals surface area contributed by atoms with E-state index in [1.807, 2.05) is 31.2 Å². The molecular weight excluding hydrogens is 759 g/mol. The summed E-state index contributed by atoms with van der Waals surface area (Å²) in [5, 5.41) is 28.9. The molecule has 1 aliphatic carbocycles. The summed E-state index contributed by atoms with van der Waals surface area (Å²) in [4.78, 5) is 0. The van der Waals surface area contributed by atoms with Crippen molar-refractivity contribution in [3.8, 4) is 17.8 Å². The van der Waals surface area contributed by atoms with Crippen molar-refractivity contribution >= 4 is 95.2 Å². The van der Waals surface area contributed by atoms with Gasteiger partial charge in [0.15, 0.2) is 0 Å². The monoisotopic (exact) mass is 805 g/mol. The van der Waals surface area contributed by atoms with Crippen LogP contribution in [0.2, 0.25) is 0 Å². The molecule has 2 atom stereocenters. The zero-order chi connectivity index (χ0) is 43.0. The summed E-state index contributed by atoms with van der Waals surface area (Å²) in [5.74, 6) is -0.933. The zero-order valence-electron chi connectivity index (χ0n) is 36.2. The summed E-state index contributed by atoms with van der Waals surface area (Å²) in [6.45, 7) is 14.8. The van der Waals surface area contributed by atoms with Crippen LogP contribution in [0.5, 0.6) is 0 Å². The molecule has 4 heterocycles. The van der Waals surface area contributed by atoms with Gasteiger partial charge in [0.25, 0.3) is 0 Å². The molecule has 0 fully saturated rings. The number of nitriles is 2. The number of allylic oxidation sites excluding steroid dienone is 7. The Bertz CT molecular complexity index is 3610. The van der Waals surface area contributed by atoms with E-state index in [9.17, 15) is 10.5 Å². The largest absolute Gasteiger partial charge is 0.455 e. The Labute approximate surface area is 361 Å². The molecule has 1 unspecified atom stereocenters. The van der Waals surface area contributed by atoms with Gasteiger partial charge in [-0.25, -0.2) is 0 Å². The molecule has 6 nitrogen and oxygen atoms in total. The fourth-order valence-electron chi connectivity index (χ4n) is 10.5. The van der Waals surface area contributed by atoms with Gasteiger partial charge in [0, 0.05) is 61.3 Å². The lowest BCUT2D eigenvalue weighted by Crippen LogP contribution is -2.24. The molecule has 10 rings (SSSR count). The van der Waals surface area contributed by atoms with E-state index in [0.29, 0.717) is 5.57 Å². The van der Waals surface area contributed by atoms with Crippen LogP contribution in [0.15, 0.2) is 125 Å². The highest BCUT2D eigenvalue weighted by atomic mass is 16.3. The molecule has 6 heteroatoms. The third-order valence-corrected chi connectivity index (χ3v) is 13.1. The van der Waals surface area contributed by atoms with Gasteiger partial charge in [0.05, 0.1) is 45.0 Å². The third kappa shape index (κ3) is 5.40. The van der Waals surface area contributed by atoms with Gasteiger partial charge in [-0.05, 0) is 124 Å². The second kappa shape index (κ2) is 14.9. The highest BCUT2D eigenvalue weighted by molar-refractivity contribution is 6.24. The fraction of sp³-hybridized carbons (Fsp3) is 0.179. The standard InChI is InChI=1S/C56H47N5O/c1-8-16-38-33(5)23-26-49-53(38)42-20-12-14-21-47(42)61(49)55-35(7)44(32-58)51(29-36(55)31-57)60-48-27-24-37(59-45(11-4)39(17-9-2)34(6)46(59)18-10-3)30-43(48)54-50(60)28-25-41-40-19-13-15-22-52(40)62-56(41)54/h8-10,12-30,35,44H,11H2,1-7H3/b16-8-,17-9-,18-10-/t35-,44?/m0/s1. The summed E-state index contributed by atoms with van der Waals surface area (Å²) in [7, 11) is 0. The Morgan fingerprint density at radius 1 is 0.677 bits per heavy atom. The van der Waals surface area contributed by atoms with Crippen molar-refractivity contribution in [2.75, 3.05) is 0 Å². The number of aryl methyl sites for hydroxylation is 1. The van der Waals surface area contributed by atoms with Crippen LogP contribution in [0.3, 0.4) is 0 Å². The number of hydrogen-bond donors (Lipinski definition) is 0. The Morgan fingerprint density at radius 2 is 1.35 bits per heavy atom. The van der Waals surface area contributed by atoms with Gasteiger partial charge in [-0.15, -0.1) is 0 Å². The number of fused-ring (bicyclic) bond motifs is 10. The van der Waals surface area contributed by atoms with Crippen molar-refractivity contribution in [2.24, 2.45) is 11.8 Å². The van der Waals surface area contributed by atoms with Crippen LogP contribution in [0, 0.1) is 48.3 Å². The minimum Gasteiger partial charge on any atom is -0.455 e. The molecule has 5 aromatic carbocycles. The van der Waals surface area contributed by atoms with Crippen molar-refractivity contribution in [2.45, 2.75) is 54.9 Å². The molecule has 302 valence electrons. The molecule has 0 aliphatic heterocycles. The zero-order valence-corrected chi connectivity index (χ0v) is 36.2.